The second-order valence-electron chi connectivity index (χ2n) is 9.37. The van der Waals surface area contributed by atoms with Gasteiger partial charge < -0.3 is 4.74 Å². The zero-order chi connectivity index (χ0) is 20.5. The molecule has 1 aromatic heterocycles. The monoisotopic (exact) mass is 390 g/mol. The summed E-state index contributed by atoms with van der Waals surface area (Å²) in [5.74, 6) is 0. The van der Waals surface area contributed by atoms with Gasteiger partial charge in [-0.05, 0) is 76.4 Å². The SMILES string of the molecule is Cc1ccc(CN2CC[C@@](CCc3ccc(C#N)cc3)([C@H]3CC(C)(C)O3)C2)nn1. The number of likely N-dealkylation sites (tertiary alicyclic amines) is 1. The number of rotatable bonds is 6. The van der Waals surface area contributed by atoms with Crippen LogP contribution in [0.4, 0.5) is 0 Å². The summed E-state index contributed by atoms with van der Waals surface area (Å²) in [7, 11) is 0. The number of nitrogens with zero attached hydrogens (tertiary/aromatic N) is 4. The molecule has 2 aliphatic rings. The van der Waals surface area contributed by atoms with Gasteiger partial charge in [0.1, 0.15) is 0 Å². The van der Waals surface area contributed by atoms with E-state index in [4.69, 9.17) is 10.00 Å². The zero-order valence-corrected chi connectivity index (χ0v) is 17.7. The Balaban J connectivity index is 1.45. The first-order valence-corrected chi connectivity index (χ1v) is 10.6. The average Bonchev–Trinajstić information content (AvgIpc) is 3.10. The molecule has 1 aromatic carbocycles. The lowest BCUT2D eigenvalue weighted by molar-refractivity contribution is -0.230. The standard InChI is InChI=1S/C24H30N4O/c1-18-4-9-21(27-26-18)16-28-13-12-24(17-28,22-14-23(2,3)29-22)11-10-19-5-7-20(15-25)8-6-19/h4-9,22H,10-14,16-17H2,1-3H3/t22-,24-/m1/s1. The summed E-state index contributed by atoms with van der Waals surface area (Å²) in [4.78, 5) is 2.51. The van der Waals surface area contributed by atoms with Crippen LogP contribution in [0.15, 0.2) is 36.4 Å². The van der Waals surface area contributed by atoms with E-state index in [1.165, 1.54) is 5.56 Å². The number of aryl methyl sites for hydroxylation is 2. The van der Waals surface area contributed by atoms with Gasteiger partial charge in [-0.1, -0.05) is 12.1 Å². The zero-order valence-electron chi connectivity index (χ0n) is 17.7. The summed E-state index contributed by atoms with van der Waals surface area (Å²) >= 11 is 0. The first kappa shape index (κ1) is 20.0. The van der Waals surface area contributed by atoms with Crippen LogP contribution < -0.4 is 0 Å². The highest BCUT2D eigenvalue weighted by Gasteiger charge is 2.52. The maximum Gasteiger partial charge on any atom is 0.0991 e. The van der Waals surface area contributed by atoms with Crippen molar-refractivity contribution in [1.82, 2.24) is 15.1 Å². The van der Waals surface area contributed by atoms with Gasteiger partial charge in [-0.15, -0.1) is 0 Å². The van der Waals surface area contributed by atoms with Gasteiger partial charge in [0.25, 0.3) is 0 Å². The predicted octanol–water partition coefficient (Wildman–Crippen LogP) is 4.05. The van der Waals surface area contributed by atoms with Crippen molar-refractivity contribution in [3.8, 4) is 6.07 Å². The van der Waals surface area contributed by atoms with Crippen molar-refractivity contribution in [1.29, 1.82) is 5.26 Å². The average molecular weight is 391 g/mol. The molecular formula is C24H30N4O. The fourth-order valence-electron chi connectivity index (χ4n) is 4.79. The number of ether oxygens (including phenoxy) is 1. The van der Waals surface area contributed by atoms with Gasteiger partial charge in [-0.3, -0.25) is 4.90 Å². The maximum absolute atomic E-state index is 9.02. The van der Waals surface area contributed by atoms with Crippen LogP contribution in [-0.2, 0) is 17.7 Å². The van der Waals surface area contributed by atoms with Crippen LogP contribution in [0.3, 0.4) is 0 Å². The molecular weight excluding hydrogens is 360 g/mol. The molecule has 0 spiro atoms. The van der Waals surface area contributed by atoms with Crippen LogP contribution in [0.25, 0.3) is 0 Å². The lowest BCUT2D eigenvalue weighted by Gasteiger charge is -2.52. The summed E-state index contributed by atoms with van der Waals surface area (Å²) in [6.07, 6.45) is 4.73. The summed E-state index contributed by atoms with van der Waals surface area (Å²) < 4.78 is 6.36. The van der Waals surface area contributed by atoms with E-state index < -0.39 is 0 Å². The van der Waals surface area contributed by atoms with E-state index in [0.29, 0.717) is 6.10 Å². The fourth-order valence-corrected chi connectivity index (χ4v) is 4.79. The van der Waals surface area contributed by atoms with Crippen LogP contribution >= 0.6 is 0 Å². The summed E-state index contributed by atoms with van der Waals surface area (Å²) in [5.41, 5.74) is 4.19. The van der Waals surface area contributed by atoms with Gasteiger partial charge in [0.2, 0.25) is 0 Å². The Morgan fingerprint density at radius 3 is 2.55 bits per heavy atom. The van der Waals surface area contributed by atoms with Crippen molar-refractivity contribution >= 4 is 0 Å². The predicted molar refractivity (Wildman–Crippen MR) is 112 cm³/mol. The second-order valence-corrected chi connectivity index (χ2v) is 9.37. The third-order valence-electron chi connectivity index (χ3n) is 6.52. The normalized spacial score (nSPS) is 26.1. The van der Waals surface area contributed by atoms with Crippen LogP contribution in [-0.4, -0.2) is 39.9 Å². The summed E-state index contributed by atoms with van der Waals surface area (Å²) in [6, 6.07) is 14.3. The van der Waals surface area contributed by atoms with E-state index >= 15 is 0 Å². The molecule has 2 fully saturated rings. The number of nitriles is 1. The van der Waals surface area contributed by atoms with Crippen LogP contribution in [0, 0.1) is 23.7 Å². The number of hydrogen-bond acceptors (Lipinski definition) is 5. The van der Waals surface area contributed by atoms with Gasteiger partial charge in [0.05, 0.1) is 34.7 Å². The number of aromatic nitrogens is 2. The molecule has 0 N–H and O–H groups in total. The minimum absolute atomic E-state index is 0.00195. The highest BCUT2D eigenvalue weighted by molar-refractivity contribution is 5.31. The third kappa shape index (κ3) is 4.49. The third-order valence-corrected chi connectivity index (χ3v) is 6.52. The van der Waals surface area contributed by atoms with Crippen LogP contribution in [0.1, 0.15) is 55.6 Å². The molecule has 0 amide bonds. The molecule has 0 bridgehead atoms. The first-order valence-electron chi connectivity index (χ1n) is 10.6. The Labute approximate surface area is 173 Å². The van der Waals surface area contributed by atoms with Gasteiger partial charge in [0.15, 0.2) is 0 Å². The van der Waals surface area contributed by atoms with E-state index in [9.17, 15) is 0 Å². The topological polar surface area (TPSA) is 62.0 Å². The lowest BCUT2D eigenvalue weighted by Crippen LogP contribution is -2.55. The first-order chi connectivity index (χ1) is 13.9. The molecule has 3 heterocycles. The van der Waals surface area contributed by atoms with Crippen LogP contribution in [0.2, 0.25) is 0 Å². The van der Waals surface area contributed by atoms with E-state index in [1.54, 1.807) is 0 Å². The quantitative estimate of drug-likeness (QED) is 0.745. The van der Waals surface area contributed by atoms with Crippen molar-refractivity contribution in [2.45, 2.75) is 64.7 Å². The van der Waals surface area contributed by atoms with E-state index in [-0.39, 0.29) is 11.0 Å². The van der Waals surface area contributed by atoms with Gasteiger partial charge in [-0.2, -0.15) is 15.5 Å². The largest absolute Gasteiger partial charge is 0.372 e. The molecule has 2 aliphatic heterocycles. The Morgan fingerprint density at radius 1 is 1.17 bits per heavy atom. The molecule has 0 unspecified atom stereocenters. The Morgan fingerprint density at radius 2 is 1.93 bits per heavy atom. The van der Waals surface area contributed by atoms with Crippen LogP contribution in [0.5, 0.6) is 0 Å². The van der Waals surface area contributed by atoms with Gasteiger partial charge >= 0.3 is 0 Å². The van der Waals surface area contributed by atoms with E-state index in [1.807, 2.05) is 25.1 Å². The molecule has 2 aromatic rings. The Bertz CT molecular complexity index is 877. The van der Waals surface area contributed by atoms with Crippen molar-refractivity contribution in [3.05, 3.63) is 58.9 Å². The Hall–Kier alpha value is -2.29. The summed E-state index contributed by atoms with van der Waals surface area (Å²) in [5, 5.41) is 17.6. The minimum Gasteiger partial charge on any atom is -0.372 e. The van der Waals surface area contributed by atoms with E-state index in [2.05, 4.69) is 53.2 Å². The molecule has 0 aliphatic carbocycles. The maximum atomic E-state index is 9.02. The van der Waals surface area contributed by atoms with E-state index in [0.717, 1.165) is 62.3 Å². The molecule has 29 heavy (non-hydrogen) atoms. The molecule has 2 saturated heterocycles. The van der Waals surface area contributed by atoms with Gasteiger partial charge in [0, 0.05) is 24.9 Å². The van der Waals surface area contributed by atoms with Crippen molar-refractivity contribution in [2.75, 3.05) is 13.1 Å². The second kappa shape index (κ2) is 7.85. The van der Waals surface area contributed by atoms with Crippen molar-refractivity contribution in [3.63, 3.8) is 0 Å². The van der Waals surface area contributed by atoms with Crippen molar-refractivity contribution in [2.24, 2.45) is 5.41 Å². The highest BCUT2D eigenvalue weighted by Crippen LogP contribution is 2.49. The summed E-state index contributed by atoms with van der Waals surface area (Å²) in [6.45, 7) is 9.31. The molecule has 0 radical (unpaired) electrons. The lowest BCUT2D eigenvalue weighted by atomic mass is 9.70. The van der Waals surface area contributed by atoms with Crippen molar-refractivity contribution < 1.29 is 4.74 Å². The number of benzene rings is 1. The minimum atomic E-state index is 0.00195. The smallest absolute Gasteiger partial charge is 0.0991 e. The highest BCUT2D eigenvalue weighted by atomic mass is 16.5. The molecule has 4 rings (SSSR count). The van der Waals surface area contributed by atoms with Gasteiger partial charge in [-0.25, -0.2) is 0 Å². The molecule has 0 saturated carbocycles. The fraction of sp³-hybridized carbons (Fsp3) is 0.542. The molecule has 152 valence electrons. The number of hydrogen-bond donors (Lipinski definition) is 0. The Kier molecular flexibility index (Phi) is 5.42. The molecule has 5 nitrogen and oxygen atoms in total. The molecule has 2 atom stereocenters. The molecule has 5 heteroatoms.